The molecule has 27 heavy (non-hydrogen) atoms. The van der Waals surface area contributed by atoms with Crippen molar-refractivity contribution in [1.82, 2.24) is 10.6 Å². The number of hydrogen-bond acceptors (Lipinski definition) is 2. The van der Waals surface area contributed by atoms with Gasteiger partial charge in [0.1, 0.15) is 0 Å². The molecule has 0 aromatic heterocycles. The summed E-state index contributed by atoms with van der Waals surface area (Å²) in [7, 11) is 0. The molecule has 3 rings (SSSR count). The Morgan fingerprint density at radius 3 is 2.33 bits per heavy atom. The van der Waals surface area contributed by atoms with Crippen LogP contribution in [-0.4, -0.2) is 12.1 Å². The molecule has 1 atom stereocenters. The molecular formula is C18H14F6N2O. The first-order chi connectivity index (χ1) is 12.6. The van der Waals surface area contributed by atoms with Crippen molar-refractivity contribution in [3.8, 4) is 0 Å². The van der Waals surface area contributed by atoms with E-state index in [1.165, 1.54) is 12.1 Å². The van der Waals surface area contributed by atoms with Crippen molar-refractivity contribution >= 4 is 5.91 Å². The highest BCUT2D eigenvalue weighted by Gasteiger charge is 2.43. The molecule has 0 radical (unpaired) electrons. The Labute approximate surface area is 150 Å². The molecule has 2 N–H and O–H groups in total. The maximum atomic E-state index is 13.4. The molecule has 0 saturated heterocycles. The van der Waals surface area contributed by atoms with Gasteiger partial charge in [0.2, 0.25) is 0 Å². The summed E-state index contributed by atoms with van der Waals surface area (Å²) in [6.07, 6.45) is -9.75. The Hall–Kier alpha value is -2.55. The van der Waals surface area contributed by atoms with Crippen LogP contribution in [0.4, 0.5) is 26.3 Å². The minimum absolute atomic E-state index is 0.0127. The second-order valence-electron chi connectivity index (χ2n) is 6.16. The van der Waals surface area contributed by atoms with E-state index in [1.54, 1.807) is 6.07 Å². The molecule has 1 amide bonds. The first-order valence-electron chi connectivity index (χ1n) is 7.93. The van der Waals surface area contributed by atoms with Crippen LogP contribution in [0.15, 0.2) is 42.5 Å². The van der Waals surface area contributed by atoms with Crippen LogP contribution in [0.25, 0.3) is 0 Å². The topological polar surface area (TPSA) is 41.1 Å². The van der Waals surface area contributed by atoms with Crippen LogP contribution in [0.5, 0.6) is 0 Å². The number of benzene rings is 2. The molecule has 3 nitrogen and oxygen atoms in total. The molecular weight excluding hydrogens is 374 g/mol. The predicted octanol–water partition coefficient (Wildman–Crippen LogP) is 4.34. The number of halogens is 6. The van der Waals surface area contributed by atoms with E-state index in [2.05, 4.69) is 5.32 Å². The van der Waals surface area contributed by atoms with Gasteiger partial charge in [-0.3, -0.25) is 4.79 Å². The zero-order valence-electron chi connectivity index (χ0n) is 13.7. The minimum atomic E-state index is -4.96. The van der Waals surface area contributed by atoms with Crippen LogP contribution < -0.4 is 10.6 Å². The van der Waals surface area contributed by atoms with Crippen LogP contribution in [-0.2, 0) is 19.3 Å². The third-order valence-corrected chi connectivity index (χ3v) is 4.25. The van der Waals surface area contributed by atoms with E-state index in [9.17, 15) is 31.1 Å². The monoisotopic (exact) mass is 388 g/mol. The van der Waals surface area contributed by atoms with Crippen LogP contribution >= 0.6 is 0 Å². The van der Waals surface area contributed by atoms with Gasteiger partial charge in [0.05, 0.1) is 5.56 Å². The van der Waals surface area contributed by atoms with Crippen molar-refractivity contribution in [2.24, 2.45) is 0 Å². The lowest BCUT2D eigenvalue weighted by atomic mass is 10.0. The standard InChI is InChI=1S/C18H14F6N2O/c19-17(20,21)14-3-1-2-10(7-14)15(18(22,23)24)26-16(27)11-4-5-12-8-25-9-13(12)6-11/h1-7,15,25H,8-9H2,(H,26,27)/t15-/m1/s1. The highest BCUT2D eigenvalue weighted by atomic mass is 19.4. The normalized spacial score (nSPS) is 15.3. The molecule has 1 heterocycles. The molecule has 2 aromatic rings. The molecule has 0 fully saturated rings. The minimum Gasteiger partial charge on any atom is -0.337 e. The van der Waals surface area contributed by atoms with Crippen molar-refractivity contribution in [2.45, 2.75) is 31.5 Å². The van der Waals surface area contributed by atoms with E-state index in [-0.39, 0.29) is 5.56 Å². The average Bonchev–Trinajstić information content (AvgIpc) is 3.05. The molecule has 1 aliphatic rings. The van der Waals surface area contributed by atoms with Gasteiger partial charge < -0.3 is 10.6 Å². The number of carbonyl (C=O) groups is 1. The zero-order chi connectivity index (χ0) is 19.8. The molecule has 1 aliphatic heterocycles. The quantitative estimate of drug-likeness (QED) is 0.768. The van der Waals surface area contributed by atoms with Crippen LogP contribution in [0.3, 0.4) is 0 Å². The molecule has 0 saturated carbocycles. The third-order valence-electron chi connectivity index (χ3n) is 4.25. The SMILES string of the molecule is O=C(N[C@H](c1cccc(C(F)(F)F)c1)C(F)(F)F)c1ccc2c(c1)CNC2. The Morgan fingerprint density at radius 1 is 0.963 bits per heavy atom. The summed E-state index contributed by atoms with van der Waals surface area (Å²) < 4.78 is 78.7. The van der Waals surface area contributed by atoms with Crippen molar-refractivity contribution in [3.63, 3.8) is 0 Å². The Bertz CT molecular complexity index is 860. The summed E-state index contributed by atoms with van der Waals surface area (Å²) in [5.41, 5.74) is -0.152. The van der Waals surface area contributed by atoms with Gasteiger partial charge in [0.25, 0.3) is 5.91 Å². The summed E-state index contributed by atoms with van der Waals surface area (Å²) in [6, 6.07) is 4.79. The van der Waals surface area contributed by atoms with E-state index >= 15 is 0 Å². The number of nitrogens with one attached hydrogen (secondary N) is 2. The number of amides is 1. The van der Waals surface area contributed by atoms with E-state index in [1.807, 2.05) is 5.32 Å². The van der Waals surface area contributed by atoms with Gasteiger partial charge in [-0.2, -0.15) is 26.3 Å². The van der Waals surface area contributed by atoms with Gasteiger partial charge in [-0.05, 0) is 41.0 Å². The summed E-state index contributed by atoms with van der Waals surface area (Å²) >= 11 is 0. The molecule has 144 valence electrons. The Balaban J connectivity index is 1.89. The molecule has 0 spiro atoms. The van der Waals surface area contributed by atoms with E-state index in [0.717, 1.165) is 23.3 Å². The van der Waals surface area contributed by atoms with Crippen molar-refractivity contribution < 1.29 is 31.1 Å². The van der Waals surface area contributed by atoms with Gasteiger partial charge in [-0.25, -0.2) is 0 Å². The largest absolute Gasteiger partial charge is 0.416 e. The van der Waals surface area contributed by atoms with Crippen molar-refractivity contribution in [2.75, 3.05) is 0 Å². The van der Waals surface area contributed by atoms with Gasteiger partial charge >= 0.3 is 12.4 Å². The molecule has 9 heteroatoms. The second kappa shape index (κ2) is 6.88. The van der Waals surface area contributed by atoms with Gasteiger partial charge in [0.15, 0.2) is 6.04 Å². The highest BCUT2D eigenvalue weighted by molar-refractivity contribution is 5.94. The summed E-state index contributed by atoms with van der Waals surface area (Å²) in [6.45, 7) is 1.10. The van der Waals surface area contributed by atoms with Crippen molar-refractivity contribution in [1.29, 1.82) is 0 Å². The fraction of sp³-hybridized carbons (Fsp3) is 0.278. The first kappa shape index (κ1) is 19.2. The molecule has 0 unspecified atom stereocenters. The number of carbonyl (C=O) groups excluding carboxylic acids is 1. The smallest absolute Gasteiger partial charge is 0.337 e. The van der Waals surface area contributed by atoms with Crippen LogP contribution in [0, 0.1) is 0 Å². The third kappa shape index (κ3) is 4.24. The van der Waals surface area contributed by atoms with Gasteiger partial charge in [-0.1, -0.05) is 18.2 Å². The Morgan fingerprint density at radius 2 is 1.67 bits per heavy atom. The number of rotatable bonds is 3. The molecule has 2 aromatic carbocycles. The number of alkyl halides is 6. The number of fused-ring (bicyclic) bond motifs is 1. The molecule has 0 aliphatic carbocycles. The van der Waals surface area contributed by atoms with Crippen LogP contribution in [0.2, 0.25) is 0 Å². The lowest BCUT2D eigenvalue weighted by molar-refractivity contribution is -0.156. The highest BCUT2D eigenvalue weighted by Crippen LogP contribution is 2.36. The van der Waals surface area contributed by atoms with Crippen LogP contribution in [0.1, 0.15) is 38.7 Å². The second-order valence-corrected chi connectivity index (χ2v) is 6.16. The summed E-state index contributed by atoms with van der Waals surface area (Å²) in [5.74, 6) is -1.01. The fourth-order valence-corrected chi connectivity index (χ4v) is 2.90. The maximum Gasteiger partial charge on any atom is 0.416 e. The zero-order valence-corrected chi connectivity index (χ0v) is 13.7. The fourth-order valence-electron chi connectivity index (χ4n) is 2.90. The Kier molecular flexibility index (Phi) is 4.90. The van der Waals surface area contributed by atoms with E-state index in [4.69, 9.17) is 0 Å². The number of hydrogen-bond donors (Lipinski definition) is 2. The van der Waals surface area contributed by atoms with E-state index in [0.29, 0.717) is 25.2 Å². The van der Waals surface area contributed by atoms with Gasteiger partial charge in [-0.15, -0.1) is 0 Å². The summed E-state index contributed by atoms with van der Waals surface area (Å²) in [5, 5.41) is 4.85. The maximum absolute atomic E-state index is 13.4. The summed E-state index contributed by atoms with van der Waals surface area (Å²) in [4.78, 5) is 12.3. The lowest BCUT2D eigenvalue weighted by Gasteiger charge is -2.23. The average molecular weight is 388 g/mol. The van der Waals surface area contributed by atoms with Crippen molar-refractivity contribution in [3.05, 3.63) is 70.3 Å². The molecule has 0 bridgehead atoms. The van der Waals surface area contributed by atoms with E-state index < -0.39 is 35.4 Å². The first-order valence-corrected chi connectivity index (χ1v) is 7.93. The lowest BCUT2D eigenvalue weighted by Crippen LogP contribution is -2.38. The predicted molar refractivity (Wildman–Crippen MR) is 84.7 cm³/mol. The van der Waals surface area contributed by atoms with Gasteiger partial charge in [0, 0.05) is 18.7 Å².